The van der Waals surface area contributed by atoms with Crippen LogP contribution in [0.2, 0.25) is 5.02 Å². The first-order valence-electron chi connectivity index (χ1n) is 6.39. The molecule has 0 atom stereocenters. The maximum atomic E-state index is 12.7. The highest BCUT2D eigenvalue weighted by Crippen LogP contribution is 2.33. The van der Waals surface area contributed by atoms with Gasteiger partial charge in [0.2, 0.25) is 0 Å². The van der Waals surface area contributed by atoms with Gasteiger partial charge in [-0.2, -0.15) is 0 Å². The van der Waals surface area contributed by atoms with Gasteiger partial charge >= 0.3 is 0 Å². The second kappa shape index (κ2) is 6.33. The molecule has 0 aliphatic heterocycles. The smallest absolute Gasteiger partial charge is 0.265 e. The van der Waals surface area contributed by atoms with E-state index in [-0.39, 0.29) is 27.8 Å². The Hall–Kier alpha value is -2.12. The number of halogens is 1. The molecule has 8 heteroatoms. The molecule has 0 bridgehead atoms. The minimum atomic E-state index is -3.84. The van der Waals surface area contributed by atoms with E-state index in [4.69, 9.17) is 11.6 Å². The average Bonchev–Trinajstić information content (AvgIpc) is 2.50. The summed E-state index contributed by atoms with van der Waals surface area (Å²) in [4.78, 5) is 10.4. The number of hydrogen-bond acceptors (Lipinski definition) is 4. The van der Waals surface area contributed by atoms with Crippen molar-refractivity contribution in [3.05, 3.63) is 63.7 Å². The number of nitro groups is 1. The number of rotatable bonds is 5. The van der Waals surface area contributed by atoms with E-state index >= 15 is 0 Å². The van der Waals surface area contributed by atoms with Crippen LogP contribution in [0, 0.1) is 10.1 Å². The Morgan fingerprint density at radius 1 is 1.18 bits per heavy atom. The molecule has 0 N–H and O–H groups in total. The van der Waals surface area contributed by atoms with Crippen molar-refractivity contribution in [2.24, 2.45) is 0 Å². The normalized spacial score (nSPS) is 11.2. The highest BCUT2D eigenvalue weighted by Gasteiger charge is 2.26. The van der Waals surface area contributed by atoms with E-state index in [1.807, 2.05) is 0 Å². The monoisotopic (exact) mass is 340 g/mol. The summed E-state index contributed by atoms with van der Waals surface area (Å²) >= 11 is 6.04. The maximum Gasteiger partial charge on any atom is 0.271 e. The Morgan fingerprint density at radius 2 is 1.82 bits per heavy atom. The number of anilines is 1. The Kier molecular flexibility index (Phi) is 4.68. The first-order chi connectivity index (χ1) is 10.4. The van der Waals surface area contributed by atoms with Crippen molar-refractivity contribution < 1.29 is 13.3 Å². The molecule has 116 valence electrons. The predicted octanol–water partition coefficient (Wildman–Crippen LogP) is 3.46. The first-order valence-corrected chi connectivity index (χ1v) is 8.21. The van der Waals surface area contributed by atoms with Gasteiger partial charge in [-0.3, -0.25) is 14.4 Å². The second-order valence-corrected chi connectivity index (χ2v) is 6.65. The second-order valence-electron chi connectivity index (χ2n) is 4.38. The molecule has 0 fully saturated rings. The van der Waals surface area contributed by atoms with E-state index in [9.17, 15) is 18.5 Å². The van der Waals surface area contributed by atoms with Gasteiger partial charge in [-0.15, -0.1) is 0 Å². The molecule has 0 aliphatic carbocycles. The quantitative estimate of drug-likeness (QED) is 0.616. The number of sulfonamides is 1. The van der Waals surface area contributed by atoms with E-state index in [0.29, 0.717) is 0 Å². The third-order valence-corrected chi connectivity index (χ3v) is 5.25. The van der Waals surface area contributed by atoms with Crippen LogP contribution in [0.5, 0.6) is 0 Å². The van der Waals surface area contributed by atoms with Gasteiger partial charge < -0.3 is 0 Å². The molecule has 0 heterocycles. The number of hydrogen-bond donors (Lipinski definition) is 0. The Bertz CT molecular complexity index is 794. The molecule has 0 aromatic heterocycles. The Morgan fingerprint density at radius 3 is 2.36 bits per heavy atom. The van der Waals surface area contributed by atoms with Crippen LogP contribution in [-0.4, -0.2) is 19.9 Å². The summed E-state index contributed by atoms with van der Waals surface area (Å²) in [5, 5.41) is 11.0. The lowest BCUT2D eigenvalue weighted by atomic mass is 10.3. The van der Waals surface area contributed by atoms with Gasteiger partial charge in [0.05, 0.1) is 20.5 Å². The summed E-state index contributed by atoms with van der Waals surface area (Å²) in [5.41, 5.74) is -0.136. The van der Waals surface area contributed by atoms with Gasteiger partial charge in [-0.05, 0) is 25.1 Å². The van der Waals surface area contributed by atoms with Crippen molar-refractivity contribution in [2.45, 2.75) is 11.8 Å². The molecular weight excluding hydrogens is 328 g/mol. The van der Waals surface area contributed by atoms with Gasteiger partial charge in [0, 0.05) is 18.7 Å². The zero-order valence-corrected chi connectivity index (χ0v) is 13.2. The minimum Gasteiger partial charge on any atom is -0.265 e. The molecular formula is C14H13ClN2O4S. The zero-order chi connectivity index (χ0) is 16.3. The van der Waals surface area contributed by atoms with E-state index in [1.165, 1.54) is 24.3 Å². The predicted molar refractivity (Wildman–Crippen MR) is 84.8 cm³/mol. The largest absolute Gasteiger partial charge is 0.271 e. The molecule has 0 saturated heterocycles. The van der Waals surface area contributed by atoms with Crippen molar-refractivity contribution in [1.29, 1.82) is 0 Å². The SMILES string of the molecule is CCN(c1cc([N+](=O)[O-])ccc1Cl)S(=O)(=O)c1ccccc1. The summed E-state index contributed by atoms with van der Waals surface area (Å²) in [7, 11) is -3.84. The van der Waals surface area contributed by atoms with Crippen molar-refractivity contribution in [1.82, 2.24) is 0 Å². The van der Waals surface area contributed by atoms with Crippen LogP contribution in [0.4, 0.5) is 11.4 Å². The molecule has 0 unspecified atom stereocenters. The summed E-state index contributed by atoms with van der Waals surface area (Å²) in [6.07, 6.45) is 0. The summed E-state index contributed by atoms with van der Waals surface area (Å²) in [6.45, 7) is 1.73. The summed E-state index contributed by atoms with van der Waals surface area (Å²) in [6, 6.07) is 11.5. The van der Waals surface area contributed by atoms with Crippen LogP contribution in [0.1, 0.15) is 6.92 Å². The highest BCUT2D eigenvalue weighted by atomic mass is 35.5. The number of nitro benzene ring substituents is 1. The van der Waals surface area contributed by atoms with Crippen molar-refractivity contribution in [3.63, 3.8) is 0 Å². The van der Waals surface area contributed by atoms with Crippen molar-refractivity contribution >= 4 is 33.0 Å². The molecule has 2 aromatic carbocycles. The van der Waals surface area contributed by atoms with Crippen molar-refractivity contribution in [3.8, 4) is 0 Å². The van der Waals surface area contributed by atoms with Crippen LogP contribution < -0.4 is 4.31 Å². The number of benzene rings is 2. The molecule has 2 aromatic rings. The van der Waals surface area contributed by atoms with Crippen LogP contribution in [0.25, 0.3) is 0 Å². The Labute approximate surface area is 133 Å². The van der Waals surface area contributed by atoms with E-state index in [2.05, 4.69) is 0 Å². The first kappa shape index (κ1) is 16.3. The van der Waals surface area contributed by atoms with Gasteiger partial charge in [0.1, 0.15) is 0 Å². The number of nitrogens with zero attached hydrogens (tertiary/aromatic N) is 2. The van der Waals surface area contributed by atoms with Gasteiger partial charge in [0.25, 0.3) is 15.7 Å². The van der Waals surface area contributed by atoms with E-state index in [0.717, 1.165) is 10.4 Å². The van der Waals surface area contributed by atoms with E-state index in [1.54, 1.807) is 25.1 Å². The highest BCUT2D eigenvalue weighted by molar-refractivity contribution is 7.92. The van der Waals surface area contributed by atoms with Gasteiger partial charge in [-0.25, -0.2) is 8.42 Å². The molecule has 0 aliphatic rings. The van der Waals surface area contributed by atoms with Gasteiger partial charge in [0.15, 0.2) is 0 Å². The molecule has 0 saturated carbocycles. The molecule has 6 nitrogen and oxygen atoms in total. The fourth-order valence-electron chi connectivity index (χ4n) is 2.00. The molecule has 0 spiro atoms. The van der Waals surface area contributed by atoms with E-state index < -0.39 is 14.9 Å². The van der Waals surface area contributed by atoms with Crippen LogP contribution >= 0.6 is 11.6 Å². The Balaban J connectivity index is 2.58. The fourth-order valence-corrected chi connectivity index (χ4v) is 3.77. The van der Waals surface area contributed by atoms with Crippen LogP contribution in [0.3, 0.4) is 0 Å². The lowest BCUT2D eigenvalue weighted by molar-refractivity contribution is -0.384. The third-order valence-electron chi connectivity index (χ3n) is 3.03. The third kappa shape index (κ3) is 3.05. The zero-order valence-electron chi connectivity index (χ0n) is 11.6. The molecule has 22 heavy (non-hydrogen) atoms. The number of non-ortho nitro benzene ring substituents is 1. The van der Waals surface area contributed by atoms with Crippen LogP contribution in [-0.2, 0) is 10.0 Å². The summed E-state index contributed by atoms with van der Waals surface area (Å²) in [5.74, 6) is 0. The topological polar surface area (TPSA) is 80.5 Å². The molecule has 0 amide bonds. The van der Waals surface area contributed by atoms with Crippen molar-refractivity contribution in [2.75, 3.05) is 10.8 Å². The average molecular weight is 341 g/mol. The minimum absolute atomic E-state index is 0.0854. The molecule has 2 rings (SSSR count). The lowest BCUT2D eigenvalue weighted by Crippen LogP contribution is -2.31. The fraction of sp³-hybridized carbons (Fsp3) is 0.143. The van der Waals surface area contributed by atoms with Gasteiger partial charge in [-0.1, -0.05) is 29.8 Å². The summed E-state index contributed by atoms with van der Waals surface area (Å²) < 4.78 is 26.4. The van der Waals surface area contributed by atoms with Crippen LogP contribution in [0.15, 0.2) is 53.4 Å². The lowest BCUT2D eigenvalue weighted by Gasteiger charge is -2.23. The maximum absolute atomic E-state index is 12.7. The standard InChI is InChI=1S/C14H13ClN2O4S/c1-2-16(22(20,21)12-6-4-3-5-7-12)14-10-11(17(18)19)8-9-13(14)15/h3-10H,2H2,1H3. The molecule has 0 radical (unpaired) electrons.